The summed E-state index contributed by atoms with van der Waals surface area (Å²) in [5.41, 5.74) is 2.60. The van der Waals surface area contributed by atoms with Crippen molar-refractivity contribution in [3.8, 4) is 34.0 Å². The number of ether oxygens (including phenoxy) is 2. The number of furan rings is 1. The number of carbonyl (C=O) groups excluding carboxylic acids is 1. The second-order valence-corrected chi connectivity index (χ2v) is 14.5. The van der Waals surface area contributed by atoms with E-state index < -0.39 is 21.5 Å². The third kappa shape index (κ3) is 9.52. The van der Waals surface area contributed by atoms with Gasteiger partial charge in [-0.1, -0.05) is 35.0 Å². The number of aromatic nitrogens is 3. The number of amides is 1. The highest BCUT2D eigenvalue weighted by molar-refractivity contribution is 7.90. The quantitative estimate of drug-likeness (QED) is 0.142. The standard InChI is InChI=1S/C34H33ClFN5O6S/c1-34(2,3)47-33(42)38-29-17-23(31-13-10-26(46-31)19-37-14-15-48(4,43)44)8-11-27(29)30-20-41(40-39-30)25-9-12-32(28(35)18-25)45-21-22-6-5-7-24(36)16-22/h5-13,16-20H,14-15,21H2,1-4H3,(H,38,42). The smallest absolute Gasteiger partial charge is 0.412 e. The zero-order valence-electron chi connectivity index (χ0n) is 26.6. The van der Waals surface area contributed by atoms with Crippen LogP contribution >= 0.6 is 11.6 Å². The van der Waals surface area contributed by atoms with E-state index >= 15 is 0 Å². The van der Waals surface area contributed by atoms with E-state index in [1.165, 1.54) is 23.0 Å². The largest absolute Gasteiger partial charge is 0.487 e. The van der Waals surface area contributed by atoms with Crippen LogP contribution in [0.2, 0.25) is 5.02 Å². The van der Waals surface area contributed by atoms with Gasteiger partial charge in [-0.15, -0.1) is 5.10 Å². The fraction of sp³-hybridized carbons (Fsp3) is 0.235. The molecule has 0 aliphatic heterocycles. The Labute approximate surface area is 282 Å². The second-order valence-electron chi connectivity index (χ2n) is 11.8. The summed E-state index contributed by atoms with van der Waals surface area (Å²) in [7, 11) is -3.12. The third-order valence-corrected chi connectivity index (χ3v) is 7.83. The molecular formula is C34H33ClFN5O6S. The van der Waals surface area contributed by atoms with Crippen LogP contribution in [0.1, 0.15) is 32.1 Å². The molecule has 2 heterocycles. The van der Waals surface area contributed by atoms with Crippen molar-refractivity contribution in [3.05, 3.63) is 101 Å². The summed E-state index contributed by atoms with van der Waals surface area (Å²) < 4.78 is 54.9. The van der Waals surface area contributed by atoms with E-state index in [1.54, 1.807) is 87.6 Å². The van der Waals surface area contributed by atoms with Crippen molar-refractivity contribution < 1.29 is 31.5 Å². The maximum absolute atomic E-state index is 13.5. The van der Waals surface area contributed by atoms with E-state index in [9.17, 15) is 17.6 Å². The van der Waals surface area contributed by atoms with Crippen LogP contribution in [0.15, 0.2) is 88.4 Å². The Morgan fingerprint density at radius 2 is 1.92 bits per heavy atom. The highest BCUT2D eigenvalue weighted by atomic mass is 35.5. The van der Waals surface area contributed by atoms with E-state index in [0.29, 0.717) is 56.1 Å². The molecule has 1 N–H and O–H groups in total. The number of hydrogen-bond acceptors (Lipinski definition) is 9. The van der Waals surface area contributed by atoms with E-state index in [1.807, 2.05) is 0 Å². The number of hydrogen-bond donors (Lipinski definition) is 1. The van der Waals surface area contributed by atoms with E-state index in [0.717, 1.165) is 6.26 Å². The van der Waals surface area contributed by atoms with Crippen LogP contribution < -0.4 is 10.1 Å². The van der Waals surface area contributed by atoms with Crippen LogP contribution in [-0.4, -0.2) is 59.9 Å². The molecule has 2 aromatic heterocycles. The molecule has 0 saturated carbocycles. The molecule has 0 saturated heterocycles. The Morgan fingerprint density at radius 3 is 2.65 bits per heavy atom. The summed E-state index contributed by atoms with van der Waals surface area (Å²) in [5.74, 6) is 0.950. The predicted octanol–water partition coefficient (Wildman–Crippen LogP) is 7.38. The van der Waals surface area contributed by atoms with Gasteiger partial charge in [0.1, 0.15) is 50.8 Å². The molecule has 48 heavy (non-hydrogen) atoms. The van der Waals surface area contributed by atoms with Crippen molar-refractivity contribution >= 4 is 39.4 Å². The van der Waals surface area contributed by atoms with E-state index in [4.69, 9.17) is 25.5 Å². The Bertz CT molecular complexity index is 2070. The maximum atomic E-state index is 13.5. The van der Waals surface area contributed by atoms with Gasteiger partial charge < -0.3 is 13.9 Å². The van der Waals surface area contributed by atoms with Crippen molar-refractivity contribution in [2.75, 3.05) is 23.9 Å². The molecule has 11 nitrogen and oxygen atoms in total. The van der Waals surface area contributed by atoms with E-state index in [-0.39, 0.29) is 24.7 Å². The summed E-state index contributed by atoms with van der Waals surface area (Å²) >= 11 is 6.50. The van der Waals surface area contributed by atoms with Gasteiger partial charge in [-0.25, -0.2) is 22.3 Å². The summed E-state index contributed by atoms with van der Waals surface area (Å²) in [6.45, 7) is 5.56. The maximum Gasteiger partial charge on any atom is 0.412 e. The number of rotatable bonds is 11. The number of benzene rings is 3. The second kappa shape index (κ2) is 14.4. The molecular weight excluding hydrogens is 661 g/mol. The summed E-state index contributed by atoms with van der Waals surface area (Å²) in [6, 6.07) is 20.0. The van der Waals surface area contributed by atoms with Crippen molar-refractivity contribution in [2.24, 2.45) is 4.99 Å². The number of carbonyl (C=O) groups is 1. The average molecular weight is 694 g/mol. The first-order valence-electron chi connectivity index (χ1n) is 14.7. The summed E-state index contributed by atoms with van der Waals surface area (Å²) in [4.78, 5) is 17.0. The lowest BCUT2D eigenvalue weighted by Gasteiger charge is -2.20. The predicted molar refractivity (Wildman–Crippen MR) is 182 cm³/mol. The van der Waals surface area contributed by atoms with Crippen LogP contribution in [0.5, 0.6) is 5.75 Å². The van der Waals surface area contributed by atoms with Gasteiger partial charge in [0.15, 0.2) is 0 Å². The lowest BCUT2D eigenvalue weighted by Crippen LogP contribution is -2.27. The van der Waals surface area contributed by atoms with E-state index in [2.05, 4.69) is 20.6 Å². The minimum Gasteiger partial charge on any atom is -0.487 e. The van der Waals surface area contributed by atoms with Crippen LogP contribution in [0.25, 0.3) is 28.3 Å². The molecule has 0 atom stereocenters. The summed E-state index contributed by atoms with van der Waals surface area (Å²) in [6.07, 6.45) is 3.65. The fourth-order valence-corrected chi connectivity index (χ4v) is 5.11. The Hall–Kier alpha value is -5.01. The minimum atomic E-state index is -3.12. The van der Waals surface area contributed by atoms with Gasteiger partial charge in [0.05, 0.1) is 41.1 Å². The number of nitrogens with one attached hydrogen (secondary N) is 1. The van der Waals surface area contributed by atoms with Gasteiger partial charge in [0.2, 0.25) is 0 Å². The first-order chi connectivity index (χ1) is 22.7. The SMILES string of the molecule is CC(C)(C)OC(=O)Nc1cc(-c2ccc(C=NCCS(C)(=O)=O)o2)ccc1-c1cn(-c2ccc(OCc3cccc(F)c3)c(Cl)c2)nn1. The highest BCUT2D eigenvalue weighted by Gasteiger charge is 2.20. The minimum absolute atomic E-state index is 0.0619. The van der Waals surface area contributed by atoms with Gasteiger partial charge in [-0.3, -0.25) is 10.3 Å². The summed E-state index contributed by atoms with van der Waals surface area (Å²) in [5, 5.41) is 11.7. The fourth-order valence-electron chi connectivity index (χ4n) is 4.44. The zero-order valence-corrected chi connectivity index (χ0v) is 28.2. The zero-order chi connectivity index (χ0) is 34.5. The van der Waals surface area contributed by atoms with Gasteiger partial charge in [0, 0.05) is 17.4 Å². The number of halogens is 2. The molecule has 14 heteroatoms. The molecule has 0 aliphatic rings. The molecule has 0 fully saturated rings. The first-order valence-corrected chi connectivity index (χ1v) is 17.2. The Balaban J connectivity index is 1.38. The topological polar surface area (TPSA) is 138 Å². The molecule has 0 bridgehead atoms. The van der Waals surface area contributed by atoms with Crippen LogP contribution in [0.4, 0.5) is 14.9 Å². The normalized spacial score (nSPS) is 12.0. The average Bonchev–Trinajstić information content (AvgIpc) is 3.68. The van der Waals surface area contributed by atoms with Gasteiger partial charge in [-0.2, -0.15) is 0 Å². The lowest BCUT2D eigenvalue weighted by molar-refractivity contribution is 0.0636. The van der Waals surface area contributed by atoms with Crippen molar-refractivity contribution in [1.29, 1.82) is 0 Å². The van der Waals surface area contributed by atoms with Gasteiger partial charge in [0.25, 0.3) is 0 Å². The number of sulfone groups is 1. The molecule has 0 spiro atoms. The lowest BCUT2D eigenvalue weighted by atomic mass is 10.0. The number of anilines is 1. The van der Waals surface area contributed by atoms with Crippen molar-refractivity contribution in [2.45, 2.75) is 33.0 Å². The molecule has 0 unspecified atom stereocenters. The molecule has 5 rings (SSSR count). The van der Waals surface area contributed by atoms with Crippen molar-refractivity contribution in [1.82, 2.24) is 15.0 Å². The number of aliphatic imine (C=N–C) groups is 1. The monoisotopic (exact) mass is 693 g/mol. The molecule has 0 radical (unpaired) electrons. The Kier molecular flexibility index (Phi) is 10.3. The highest BCUT2D eigenvalue weighted by Crippen LogP contribution is 2.34. The van der Waals surface area contributed by atoms with Crippen LogP contribution in [-0.2, 0) is 21.2 Å². The van der Waals surface area contributed by atoms with Gasteiger partial charge in [-0.05, 0) is 80.9 Å². The molecule has 5 aromatic rings. The van der Waals surface area contributed by atoms with Crippen LogP contribution in [0, 0.1) is 5.82 Å². The molecule has 3 aromatic carbocycles. The van der Waals surface area contributed by atoms with Crippen molar-refractivity contribution in [3.63, 3.8) is 0 Å². The van der Waals surface area contributed by atoms with Gasteiger partial charge >= 0.3 is 6.09 Å². The molecule has 250 valence electrons. The first kappa shape index (κ1) is 34.3. The number of nitrogens with zero attached hydrogens (tertiary/aromatic N) is 4. The molecule has 1 amide bonds. The van der Waals surface area contributed by atoms with Crippen LogP contribution in [0.3, 0.4) is 0 Å². The Morgan fingerprint density at radius 1 is 1.10 bits per heavy atom. The third-order valence-electron chi connectivity index (χ3n) is 6.61. The molecule has 0 aliphatic carbocycles.